The van der Waals surface area contributed by atoms with Crippen LogP contribution in [0.15, 0.2) is 24.4 Å². The minimum atomic E-state index is -0.984. The lowest BCUT2D eigenvalue weighted by Crippen LogP contribution is -2.30. The zero-order valence-electron chi connectivity index (χ0n) is 8.97. The highest BCUT2D eigenvalue weighted by molar-refractivity contribution is 5.83. The first kappa shape index (κ1) is 10.7. The molecule has 1 radical (unpaired) electrons. The maximum atomic E-state index is 10.7. The van der Waals surface area contributed by atoms with Crippen LogP contribution < -0.4 is 11.1 Å². The fourth-order valence-electron chi connectivity index (χ4n) is 1.72. The number of hydrogen-bond acceptors (Lipinski definition) is 2. The van der Waals surface area contributed by atoms with Crippen molar-refractivity contribution in [1.29, 1.82) is 0 Å². The molecule has 0 saturated heterocycles. The van der Waals surface area contributed by atoms with Crippen molar-refractivity contribution >= 4 is 17.2 Å². The summed E-state index contributed by atoms with van der Waals surface area (Å²) in [5, 5.41) is 13.0. The first-order chi connectivity index (χ1) is 7.58. The van der Waals surface area contributed by atoms with Crippen LogP contribution in [0.2, 0.25) is 0 Å². The van der Waals surface area contributed by atoms with Crippen LogP contribution in [-0.2, 0) is 4.79 Å². The molecular weight excluding hydrogens is 204 g/mol. The van der Waals surface area contributed by atoms with Gasteiger partial charge in [0.15, 0.2) is 0 Å². The first-order valence-electron chi connectivity index (χ1n) is 5.07. The Hall–Kier alpha value is -1.81. The average Bonchev–Trinajstić information content (AvgIpc) is 2.61. The van der Waals surface area contributed by atoms with Crippen LogP contribution in [0.5, 0.6) is 0 Å². The van der Waals surface area contributed by atoms with Gasteiger partial charge in [-0.05, 0) is 24.6 Å². The summed E-state index contributed by atoms with van der Waals surface area (Å²) in [6.07, 6.45) is 2.02. The molecule has 1 aliphatic rings. The van der Waals surface area contributed by atoms with E-state index in [0.29, 0.717) is 6.42 Å². The van der Waals surface area contributed by atoms with E-state index in [1.165, 1.54) is 0 Å². The van der Waals surface area contributed by atoms with Gasteiger partial charge in [0.2, 0.25) is 0 Å². The molecule has 4 heteroatoms. The molecule has 0 bridgehead atoms. The number of fused-ring (bicyclic) bond motifs is 1. The van der Waals surface area contributed by atoms with Gasteiger partial charge in [0.05, 0.1) is 5.69 Å². The molecule has 0 spiro atoms. The number of aryl methyl sites for hydroxylation is 1. The van der Waals surface area contributed by atoms with Crippen LogP contribution in [0, 0.1) is 6.92 Å². The van der Waals surface area contributed by atoms with Gasteiger partial charge in [-0.3, -0.25) is 10.1 Å². The average molecular weight is 217 g/mol. The summed E-state index contributed by atoms with van der Waals surface area (Å²) in [6.45, 7) is 1.99. The van der Waals surface area contributed by atoms with Crippen LogP contribution >= 0.6 is 0 Å². The third-order valence-electron chi connectivity index (χ3n) is 2.61. The minimum absolute atomic E-state index is 0.315. The predicted octanol–water partition coefficient (Wildman–Crippen LogP) is 1.39. The van der Waals surface area contributed by atoms with Gasteiger partial charge in [-0.15, -0.1) is 0 Å². The maximum absolute atomic E-state index is 10.7. The topological polar surface area (TPSA) is 77.4 Å². The molecule has 1 aliphatic heterocycles. The molecule has 0 saturated carbocycles. The zero-order valence-corrected chi connectivity index (χ0v) is 8.97. The SMILES string of the molecule is Cc1ccc2c(c1)C(C[C@@H](N)C(=O)O)=C[N]2. The molecule has 2 rings (SSSR count). The standard InChI is InChI=1S/C12H13N2O2/c1-7-2-3-11-9(4-7)8(6-14-11)5-10(13)12(15)16/h2-4,6,10H,5,13H2,1H3,(H,15,16)/t10-/m1/s1. The van der Waals surface area contributed by atoms with Crippen molar-refractivity contribution in [3.8, 4) is 0 Å². The van der Waals surface area contributed by atoms with E-state index in [9.17, 15) is 4.79 Å². The summed E-state index contributed by atoms with van der Waals surface area (Å²) in [7, 11) is 0. The molecule has 0 aromatic heterocycles. The van der Waals surface area contributed by atoms with Gasteiger partial charge in [-0.25, -0.2) is 0 Å². The van der Waals surface area contributed by atoms with E-state index >= 15 is 0 Å². The fourth-order valence-corrected chi connectivity index (χ4v) is 1.72. The van der Waals surface area contributed by atoms with Crippen molar-refractivity contribution in [2.24, 2.45) is 5.73 Å². The third-order valence-corrected chi connectivity index (χ3v) is 2.61. The van der Waals surface area contributed by atoms with Gasteiger partial charge in [-0.2, -0.15) is 0 Å². The van der Waals surface area contributed by atoms with E-state index in [1.807, 2.05) is 25.1 Å². The Morgan fingerprint density at radius 2 is 2.31 bits per heavy atom. The number of carboxylic acid groups (broad SMARTS) is 1. The first-order valence-corrected chi connectivity index (χ1v) is 5.07. The molecule has 4 nitrogen and oxygen atoms in total. The Kier molecular flexibility index (Phi) is 2.66. The van der Waals surface area contributed by atoms with Crippen molar-refractivity contribution in [2.75, 3.05) is 0 Å². The summed E-state index contributed by atoms with van der Waals surface area (Å²) in [5.74, 6) is -0.984. The van der Waals surface area contributed by atoms with Gasteiger partial charge in [0.1, 0.15) is 6.04 Å². The van der Waals surface area contributed by atoms with Crippen LogP contribution in [0.4, 0.5) is 5.69 Å². The predicted molar refractivity (Wildman–Crippen MR) is 61.2 cm³/mol. The molecule has 0 amide bonds. The second kappa shape index (κ2) is 3.98. The number of rotatable bonds is 3. The molecule has 3 N–H and O–H groups in total. The molecule has 0 aliphatic carbocycles. The van der Waals surface area contributed by atoms with E-state index in [-0.39, 0.29) is 0 Å². The highest BCUT2D eigenvalue weighted by Crippen LogP contribution is 2.33. The normalized spacial score (nSPS) is 15.0. The molecule has 1 aromatic rings. The lowest BCUT2D eigenvalue weighted by molar-refractivity contribution is -0.138. The molecule has 0 fully saturated rings. The van der Waals surface area contributed by atoms with Crippen molar-refractivity contribution in [2.45, 2.75) is 19.4 Å². The van der Waals surface area contributed by atoms with E-state index in [4.69, 9.17) is 10.8 Å². The van der Waals surface area contributed by atoms with E-state index in [0.717, 1.165) is 22.4 Å². The number of carbonyl (C=O) groups is 1. The maximum Gasteiger partial charge on any atom is 0.320 e. The number of carboxylic acids is 1. The largest absolute Gasteiger partial charge is 0.480 e. The van der Waals surface area contributed by atoms with Gasteiger partial charge in [0, 0.05) is 18.2 Å². The zero-order chi connectivity index (χ0) is 11.7. The fraction of sp³-hybridized carbons (Fsp3) is 0.250. The Labute approximate surface area is 93.8 Å². The number of aliphatic carboxylic acids is 1. The molecule has 1 aromatic carbocycles. The minimum Gasteiger partial charge on any atom is -0.480 e. The van der Waals surface area contributed by atoms with Crippen LogP contribution in [0.3, 0.4) is 0 Å². The van der Waals surface area contributed by atoms with Gasteiger partial charge < -0.3 is 10.8 Å². The molecule has 1 heterocycles. The lowest BCUT2D eigenvalue weighted by Gasteiger charge is -2.08. The molecule has 83 valence electrons. The number of benzene rings is 1. The van der Waals surface area contributed by atoms with Crippen molar-refractivity contribution in [3.63, 3.8) is 0 Å². The summed E-state index contributed by atoms with van der Waals surface area (Å²) in [6, 6.07) is 5.05. The molecule has 16 heavy (non-hydrogen) atoms. The second-order valence-corrected chi connectivity index (χ2v) is 3.95. The second-order valence-electron chi connectivity index (χ2n) is 3.95. The van der Waals surface area contributed by atoms with Crippen LogP contribution in [-0.4, -0.2) is 17.1 Å². The number of hydrogen-bond donors (Lipinski definition) is 2. The highest BCUT2D eigenvalue weighted by atomic mass is 16.4. The van der Waals surface area contributed by atoms with Crippen molar-refractivity contribution in [3.05, 3.63) is 35.5 Å². The molecule has 1 atom stereocenters. The lowest BCUT2D eigenvalue weighted by atomic mass is 9.99. The Balaban J connectivity index is 2.22. The van der Waals surface area contributed by atoms with Gasteiger partial charge >= 0.3 is 5.97 Å². The Morgan fingerprint density at radius 3 is 3.00 bits per heavy atom. The van der Waals surface area contributed by atoms with Crippen LogP contribution in [0.25, 0.3) is 5.57 Å². The number of nitrogens with zero attached hydrogens (tertiary/aromatic N) is 1. The summed E-state index contributed by atoms with van der Waals surface area (Å²) >= 11 is 0. The van der Waals surface area contributed by atoms with E-state index < -0.39 is 12.0 Å². The van der Waals surface area contributed by atoms with E-state index in [2.05, 4.69) is 5.32 Å². The highest BCUT2D eigenvalue weighted by Gasteiger charge is 2.20. The van der Waals surface area contributed by atoms with Crippen molar-refractivity contribution < 1.29 is 9.90 Å². The summed E-state index contributed by atoms with van der Waals surface area (Å²) < 4.78 is 0. The Bertz CT molecular complexity index is 466. The molecule has 0 unspecified atom stereocenters. The third kappa shape index (κ3) is 1.92. The quantitative estimate of drug-likeness (QED) is 0.803. The summed E-state index contributed by atoms with van der Waals surface area (Å²) in [4.78, 5) is 10.7. The number of nitrogens with two attached hydrogens (primary N) is 1. The van der Waals surface area contributed by atoms with E-state index in [1.54, 1.807) is 6.20 Å². The monoisotopic (exact) mass is 217 g/mol. The van der Waals surface area contributed by atoms with Crippen LogP contribution in [0.1, 0.15) is 17.5 Å². The smallest absolute Gasteiger partial charge is 0.320 e. The Morgan fingerprint density at radius 1 is 1.56 bits per heavy atom. The van der Waals surface area contributed by atoms with Gasteiger partial charge in [0.25, 0.3) is 0 Å². The summed E-state index contributed by atoms with van der Waals surface area (Å²) in [5.41, 5.74) is 9.42. The van der Waals surface area contributed by atoms with Gasteiger partial charge in [-0.1, -0.05) is 11.6 Å². The van der Waals surface area contributed by atoms with Crippen molar-refractivity contribution in [1.82, 2.24) is 5.32 Å². The molecular formula is C12H13N2O2.